The van der Waals surface area contributed by atoms with Gasteiger partial charge in [-0.25, -0.2) is 4.98 Å². The highest BCUT2D eigenvalue weighted by Crippen LogP contribution is 2.31. The standard InChI is InChI=1S/C20H25Cl2N5O2/c1-2-13-3-5-14(6-4-13)10-23-19-18(27(28)29)12-25-20(26-19)24-11-15-9-16(21)7-8-17(15)22/h7-9,12-14H,2-6,10-11H2,1H3,(H2,23,24,25,26). The van der Waals surface area contributed by atoms with Crippen LogP contribution in [0.2, 0.25) is 10.0 Å². The first-order chi connectivity index (χ1) is 14.0. The lowest BCUT2D eigenvalue weighted by Gasteiger charge is -2.27. The van der Waals surface area contributed by atoms with Gasteiger partial charge in [0.25, 0.3) is 0 Å². The van der Waals surface area contributed by atoms with Crippen molar-refractivity contribution < 1.29 is 4.92 Å². The van der Waals surface area contributed by atoms with Crippen molar-refractivity contribution in [2.45, 2.75) is 45.6 Å². The fraction of sp³-hybridized carbons (Fsp3) is 0.500. The average Bonchev–Trinajstić information content (AvgIpc) is 2.73. The van der Waals surface area contributed by atoms with Crippen LogP contribution in [0.5, 0.6) is 0 Å². The zero-order chi connectivity index (χ0) is 20.8. The van der Waals surface area contributed by atoms with Crippen LogP contribution in [-0.2, 0) is 6.54 Å². The van der Waals surface area contributed by atoms with Crippen LogP contribution in [0.4, 0.5) is 17.5 Å². The minimum atomic E-state index is -0.464. The second-order valence-electron chi connectivity index (χ2n) is 7.45. The van der Waals surface area contributed by atoms with E-state index >= 15 is 0 Å². The molecule has 29 heavy (non-hydrogen) atoms. The second-order valence-corrected chi connectivity index (χ2v) is 8.29. The largest absolute Gasteiger partial charge is 0.364 e. The van der Waals surface area contributed by atoms with Gasteiger partial charge in [-0.05, 0) is 48.4 Å². The number of nitrogens with one attached hydrogen (secondary N) is 2. The lowest BCUT2D eigenvalue weighted by Crippen LogP contribution is -2.22. The van der Waals surface area contributed by atoms with E-state index in [9.17, 15) is 10.1 Å². The summed E-state index contributed by atoms with van der Waals surface area (Å²) in [6.07, 6.45) is 7.18. The number of nitro groups is 1. The molecule has 1 saturated carbocycles. The smallest absolute Gasteiger partial charge is 0.329 e. The van der Waals surface area contributed by atoms with Crippen molar-refractivity contribution in [3.05, 3.63) is 50.1 Å². The van der Waals surface area contributed by atoms with Gasteiger partial charge in [-0.1, -0.05) is 49.4 Å². The van der Waals surface area contributed by atoms with Gasteiger partial charge in [-0.3, -0.25) is 10.1 Å². The number of nitrogens with zero attached hydrogens (tertiary/aromatic N) is 3. The van der Waals surface area contributed by atoms with Gasteiger partial charge < -0.3 is 10.6 Å². The van der Waals surface area contributed by atoms with Crippen LogP contribution in [0.25, 0.3) is 0 Å². The maximum Gasteiger partial charge on any atom is 0.329 e. The summed E-state index contributed by atoms with van der Waals surface area (Å²) in [6.45, 7) is 3.27. The van der Waals surface area contributed by atoms with E-state index in [0.717, 1.165) is 24.3 Å². The van der Waals surface area contributed by atoms with Crippen molar-refractivity contribution in [3.63, 3.8) is 0 Å². The van der Waals surface area contributed by atoms with E-state index in [0.29, 0.717) is 35.0 Å². The number of benzene rings is 1. The van der Waals surface area contributed by atoms with Crippen LogP contribution < -0.4 is 10.6 Å². The highest BCUT2D eigenvalue weighted by molar-refractivity contribution is 6.33. The SMILES string of the molecule is CCC1CCC(CNc2nc(NCc3cc(Cl)ccc3Cl)ncc2[N+](=O)[O-])CC1. The third-order valence-electron chi connectivity index (χ3n) is 5.51. The first kappa shape index (κ1) is 21.6. The lowest BCUT2D eigenvalue weighted by atomic mass is 9.81. The summed E-state index contributed by atoms with van der Waals surface area (Å²) in [7, 11) is 0. The zero-order valence-electron chi connectivity index (χ0n) is 16.3. The number of hydrogen-bond acceptors (Lipinski definition) is 6. The van der Waals surface area contributed by atoms with Crippen LogP contribution in [0, 0.1) is 22.0 Å². The van der Waals surface area contributed by atoms with Gasteiger partial charge in [0.1, 0.15) is 6.20 Å². The molecule has 2 aromatic rings. The molecule has 1 aromatic carbocycles. The van der Waals surface area contributed by atoms with Crippen LogP contribution in [-0.4, -0.2) is 21.4 Å². The average molecular weight is 438 g/mol. The molecule has 1 aliphatic carbocycles. The molecule has 0 atom stereocenters. The Labute approximate surface area is 180 Å². The van der Waals surface area contributed by atoms with Crippen LogP contribution in [0.3, 0.4) is 0 Å². The van der Waals surface area contributed by atoms with E-state index < -0.39 is 4.92 Å². The van der Waals surface area contributed by atoms with Crippen molar-refractivity contribution in [3.8, 4) is 0 Å². The van der Waals surface area contributed by atoms with Crippen molar-refractivity contribution in [1.82, 2.24) is 9.97 Å². The molecule has 1 fully saturated rings. The Balaban J connectivity index is 1.66. The molecule has 1 heterocycles. The highest BCUT2D eigenvalue weighted by atomic mass is 35.5. The maximum atomic E-state index is 11.4. The van der Waals surface area contributed by atoms with Gasteiger partial charge in [-0.2, -0.15) is 4.98 Å². The molecule has 2 N–H and O–H groups in total. The third-order valence-corrected chi connectivity index (χ3v) is 6.12. The Hall–Kier alpha value is -2.12. The molecule has 0 saturated heterocycles. The van der Waals surface area contributed by atoms with Gasteiger partial charge in [0.2, 0.25) is 11.8 Å². The van der Waals surface area contributed by atoms with Crippen molar-refractivity contribution >= 4 is 40.7 Å². The maximum absolute atomic E-state index is 11.4. The first-order valence-corrected chi connectivity index (χ1v) is 10.6. The Morgan fingerprint density at radius 2 is 1.90 bits per heavy atom. The fourth-order valence-corrected chi connectivity index (χ4v) is 4.04. The van der Waals surface area contributed by atoms with E-state index in [-0.39, 0.29) is 11.5 Å². The molecule has 1 aromatic heterocycles. The number of aromatic nitrogens is 2. The molecule has 0 spiro atoms. The van der Waals surface area contributed by atoms with E-state index in [1.807, 2.05) is 0 Å². The molecular weight excluding hydrogens is 413 g/mol. The Morgan fingerprint density at radius 3 is 2.59 bits per heavy atom. The van der Waals surface area contributed by atoms with Crippen molar-refractivity contribution in [2.24, 2.45) is 11.8 Å². The fourth-order valence-electron chi connectivity index (χ4n) is 3.66. The molecular formula is C20H25Cl2N5O2. The van der Waals surface area contributed by atoms with E-state index in [4.69, 9.17) is 23.2 Å². The zero-order valence-corrected chi connectivity index (χ0v) is 17.8. The predicted molar refractivity (Wildman–Crippen MR) is 117 cm³/mol. The molecule has 3 rings (SSSR count). The quantitative estimate of drug-likeness (QED) is 0.392. The summed E-state index contributed by atoms with van der Waals surface area (Å²) in [4.78, 5) is 19.3. The summed E-state index contributed by atoms with van der Waals surface area (Å²) < 4.78 is 0. The number of halogens is 2. The summed E-state index contributed by atoms with van der Waals surface area (Å²) in [5, 5.41) is 18.7. The first-order valence-electron chi connectivity index (χ1n) is 9.89. The number of hydrogen-bond donors (Lipinski definition) is 2. The monoisotopic (exact) mass is 437 g/mol. The number of anilines is 2. The topological polar surface area (TPSA) is 93.0 Å². The van der Waals surface area contributed by atoms with E-state index in [2.05, 4.69) is 27.5 Å². The minimum Gasteiger partial charge on any atom is -0.364 e. The molecule has 9 heteroatoms. The van der Waals surface area contributed by atoms with Gasteiger partial charge in [0.05, 0.1) is 4.92 Å². The molecule has 0 unspecified atom stereocenters. The van der Waals surface area contributed by atoms with Crippen LogP contribution >= 0.6 is 23.2 Å². The molecule has 7 nitrogen and oxygen atoms in total. The summed E-state index contributed by atoms with van der Waals surface area (Å²) in [6, 6.07) is 5.19. The van der Waals surface area contributed by atoms with Crippen molar-refractivity contribution in [1.29, 1.82) is 0 Å². The third kappa shape index (κ3) is 5.93. The van der Waals surface area contributed by atoms with Crippen molar-refractivity contribution in [2.75, 3.05) is 17.2 Å². The van der Waals surface area contributed by atoms with Crippen LogP contribution in [0.15, 0.2) is 24.4 Å². The molecule has 0 bridgehead atoms. The molecule has 0 radical (unpaired) electrons. The lowest BCUT2D eigenvalue weighted by molar-refractivity contribution is -0.384. The van der Waals surface area contributed by atoms with Gasteiger partial charge >= 0.3 is 5.69 Å². The molecule has 156 valence electrons. The molecule has 0 aliphatic heterocycles. The summed E-state index contributed by atoms with van der Waals surface area (Å²) >= 11 is 12.2. The molecule has 1 aliphatic rings. The van der Waals surface area contributed by atoms with Gasteiger partial charge in [0.15, 0.2) is 0 Å². The Morgan fingerprint density at radius 1 is 1.17 bits per heavy atom. The number of rotatable bonds is 8. The minimum absolute atomic E-state index is 0.126. The van der Waals surface area contributed by atoms with Gasteiger partial charge in [-0.15, -0.1) is 0 Å². The molecule has 0 amide bonds. The Kier molecular flexibility index (Phi) is 7.50. The normalized spacial score (nSPS) is 19.0. The van der Waals surface area contributed by atoms with Crippen LogP contribution in [0.1, 0.15) is 44.6 Å². The second kappa shape index (κ2) is 10.1. The summed E-state index contributed by atoms with van der Waals surface area (Å²) in [5.41, 5.74) is 0.668. The summed E-state index contributed by atoms with van der Waals surface area (Å²) in [5.74, 6) is 1.86. The highest BCUT2D eigenvalue weighted by Gasteiger charge is 2.22. The predicted octanol–water partition coefficient (Wildman–Crippen LogP) is 5.93. The van der Waals surface area contributed by atoms with E-state index in [1.165, 1.54) is 25.5 Å². The van der Waals surface area contributed by atoms with E-state index in [1.54, 1.807) is 18.2 Å². The van der Waals surface area contributed by atoms with Gasteiger partial charge in [0, 0.05) is 23.1 Å². The Bertz CT molecular complexity index is 857.